The molecule has 142 valence electrons. The molecule has 1 nitrogen and oxygen atoms in total. The van der Waals surface area contributed by atoms with Crippen molar-refractivity contribution < 1.29 is 4.74 Å². The highest BCUT2D eigenvalue weighted by atomic mass is 16.5. The van der Waals surface area contributed by atoms with Crippen molar-refractivity contribution in [3.63, 3.8) is 0 Å². The van der Waals surface area contributed by atoms with E-state index in [4.69, 9.17) is 4.74 Å². The fourth-order valence-corrected chi connectivity index (χ4v) is 3.90. The van der Waals surface area contributed by atoms with E-state index in [1.807, 2.05) is 19.1 Å². The van der Waals surface area contributed by atoms with Gasteiger partial charge in [-0.15, -0.1) is 0 Å². The molecule has 0 N–H and O–H groups in total. The Bertz CT molecular complexity index is 738. The van der Waals surface area contributed by atoms with Crippen LogP contribution in [0.1, 0.15) is 75.0 Å². The van der Waals surface area contributed by atoms with Crippen LogP contribution in [0, 0.1) is 17.8 Å². The molecule has 0 unspecified atom stereocenters. The summed E-state index contributed by atoms with van der Waals surface area (Å²) in [4.78, 5) is 0. The van der Waals surface area contributed by atoms with Crippen LogP contribution < -0.4 is 4.74 Å². The van der Waals surface area contributed by atoms with Crippen molar-refractivity contribution in [2.45, 2.75) is 64.7 Å². The smallest absolute Gasteiger partial charge is 0.119 e. The van der Waals surface area contributed by atoms with E-state index in [0.29, 0.717) is 18.4 Å². The maximum atomic E-state index is 5.49. The van der Waals surface area contributed by atoms with Crippen molar-refractivity contribution in [2.24, 2.45) is 5.92 Å². The molecule has 0 bridgehead atoms. The zero-order valence-corrected chi connectivity index (χ0v) is 16.8. The van der Waals surface area contributed by atoms with Crippen molar-refractivity contribution in [1.82, 2.24) is 0 Å². The van der Waals surface area contributed by atoms with Crippen LogP contribution in [0.4, 0.5) is 0 Å². The minimum atomic E-state index is 0.539. The average molecular weight is 361 g/mol. The van der Waals surface area contributed by atoms with Gasteiger partial charge >= 0.3 is 0 Å². The summed E-state index contributed by atoms with van der Waals surface area (Å²) in [6.07, 6.45) is 8.72. The molecule has 2 aromatic carbocycles. The van der Waals surface area contributed by atoms with Crippen molar-refractivity contribution in [3.05, 3.63) is 65.2 Å². The van der Waals surface area contributed by atoms with Gasteiger partial charge in [-0.3, -0.25) is 0 Å². The van der Waals surface area contributed by atoms with Gasteiger partial charge in [0, 0.05) is 11.5 Å². The van der Waals surface area contributed by atoms with Gasteiger partial charge in [-0.25, -0.2) is 0 Å². The third-order valence-corrected chi connectivity index (χ3v) is 5.58. The second-order valence-corrected chi connectivity index (χ2v) is 7.62. The van der Waals surface area contributed by atoms with Crippen molar-refractivity contribution in [1.29, 1.82) is 0 Å². The number of ether oxygens (including phenoxy) is 1. The molecule has 0 heterocycles. The summed E-state index contributed by atoms with van der Waals surface area (Å²) in [5.41, 5.74) is 4.09. The molecule has 3 rings (SSSR count). The lowest BCUT2D eigenvalue weighted by Crippen LogP contribution is -2.12. The lowest BCUT2D eigenvalue weighted by atomic mass is 9.78. The van der Waals surface area contributed by atoms with E-state index in [1.54, 1.807) is 0 Å². The molecule has 0 amide bonds. The number of rotatable bonds is 6. The first kappa shape index (κ1) is 19.6. The van der Waals surface area contributed by atoms with Gasteiger partial charge in [-0.05, 0) is 86.8 Å². The molecule has 0 aliphatic heterocycles. The zero-order chi connectivity index (χ0) is 18.9. The quantitative estimate of drug-likeness (QED) is 0.517. The predicted molar refractivity (Wildman–Crippen MR) is 114 cm³/mol. The summed E-state index contributed by atoms with van der Waals surface area (Å²) in [7, 11) is 0. The Balaban J connectivity index is 1.50. The zero-order valence-electron chi connectivity index (χ0n) is 16.8. The summed E-state index contributed by atoms with van der Waals surface area (Å²) in [5, 5.41) is 0. The lowest BCUT2D eigenvalue weighted by molar-refractivity contribution is 0.340. The molecule has 0 radical (unpaired) electrons. The van der Waals surface area contributed by atoms with E-state index in [-0.39, 0.29) is 0 Å². The van der Waals surface area contributed by atoms with Crippen LogP contribution in [0.2, 0.25) is 0 Å². The molecule has 1 heteroatoms. The first-order chi connectivity index (χ1) is 13.3. The topological polar surface area (TPSA) is 9.23 Å². The minimum Gasteiger partial charge on any atom is -0.494 e. The molecular formula is C26H32O. The van der Waals surface area contributed by atoms with E-state index in [9.17, 15) is 0 Å². The molecule has 1 fully saturated rings. The Hall–Kier alpha value is -2.20. The summed E-state index contributed by atoms with van der Waals surface area (Å²) >= 11 is 0. The van der Waals surface area contributed by atoms with Crippen LogP contribution >= 0.6 is 0 Å². The van der Waals surface area contributed by atoms with Gasteiger partial charge in [0.1, 0.15) is 5.75 Å². The minimum absolute atomic E-state index is 0.539. The van der Waals surface area contributed by atoms with Crippen LogP contribution in [-0.2, 0) is 6.42 Å². The maximum Gasteiger partial charge on any atom is 0.119 e. The molecule has 27 heavy (non-hydrogen) atoms. The van der Waals surface area contributed by atoms with E-state index >= 15 is 0 Å². The van der Waals surface area contributed by atoms with E-state index in [1.165, 1.54) is 56.1 Å². The van der Waals surface area contributed by atoms with Gasteiger partial charge in [0.2, 0.25) is 0 Å². The van der Waals surface area contributed by atoms with Gasteiger partial charge in [-0.1, -0.05) is 49.5 Å². The third kappa shape index (κ3) is 5.90. The number of hydrogen-bond acceptors (Lipinski definition) is 1. The second-order valence-electron chi connectivity index (χ2n) is 7.62. The van der Waals surface area contributed by atoms with Gasteiger partial charge in [0.25, 0.3) is 0 Å². The van der Waals surface area contributed by atoms with Crippen molar-refractivity contribution >= 4 is 0 Å². The van der Waals surface area contributed by atoms with Crippen molar-refractivity contribution in [3.8, 4) is 17.6 Å². The van der Waals surface area contributed by atoms with Gasteiger partial charge in [0.15, 0.2) is 0 Å². The molecule has 1 saturated carbocycles. The first-order valence-corrected chi connectivity index (χ1v) is 10.6. The molecular weight excluding hydrogens is 328 g/mol. The van der Waals surface area contributed by atoms with Crippen molar-refractivity contribution in [2.75, 3.05) is 6.61 Å². The maximum absolute atomic E-state index is 5.49. The Morgan fingerprint density at radius 2 is 1.59 bits per heavy atom. The number of unbranched alkanes of at least 4 members (excludes halogenated alkanes) is 1. The van der Waals surface area contributed by atoms with Gasteiger partial charge < -0.3 is 4.74 Å². The van der Waals surface area contributed by atoms with Gasteiger partial charge in [0.05, 0.1) is 6.61 Å². The SMILES string of the molecule is CCCCc1ccc([C@H]2CC[C@H](C#Cc3ccc(OCC)cc3)CC2)cc1. The van der Waals surface area contributed by atoms with E-state index < -0.39 is 0 Å². The molecule has 0 aromatic heterocycles. The molecule has 0 spiro atoms. The Morgan fingerprint density at radius 3 is 2.22 bits per heavy atom. The fraction of sp³-hybridized carbons (Fsp3) is 0.462. The molecule has 1 aliphatic rings. The number of hydrogen-bond donors (Lipinski definition) is 0. The standard InChI is InChI=1S/C26H32O/c1-3-5-6-21-9-15-24(16-10-21)25-17-11-22(12-18-25)7-8-23-13-19-26(20-14-23)27-4-2/h9-10,13-16,19-20,22,25H,3-6,11-12,17-18H2,1-2H3/t22-,25-. The molecule has 1 aliphatic carbocycles. The molecule has 0 saturated heterocycles. The second kappa shape index (κ2) is 10.2. The highest BCUT2D eigenvalue weighted by Gasteiger charge is 2.21. The first-order valence-electron chi connectivity index (χ1n) is 10.6. The van der Waals surface area contributed by atoms with Crippen LogP contribution in [0.25, 0.3) is 0 Å². The van der Waals surface area contributed by atoms with Gasteiger partial charge in [-0.2, -0.15) is 0 Å². The summed E-state index contributed by atoms with van der Waals surface area (Å²) in [6.45, 7) is 4.96. The third-order valence-electron chi connectivity index (χ3n) is 5.58. The van der Waals surface area contributed by atoms with E-state index in [0.717, 1.165) is 11.3 Å². The Labute approximate surface area is 165 Å². The summed E-state index contributed by atoms with van der Waals surface area (Å²) in [5.74, 6) is 9.04. The van der Waals surface area contributed by atoms with E-state index in [2.05, 4.69) is 55.2 Å². The molecule has 0 atom stereocenters. The fourth-order valence-electron chi connectivity index (χ4n) is 3.90. The summed E-state index contributed by atoms with van der Waals surface area (Å²) in [6, 6.07) is 17.5. The highest BCUT2D eigenvalue weighted by molar-refractivity contribution is 5.38. The summed E-state index contributed by atoms with van der Waals surface area (Å²) < 4.78 is 5.49. The highest BCUT2D eigenvalue weighted by Crippen LogP contribution is 2.35. The lowest BCUT2D eigenvalue weighted by Gasteiger charge is -2.26. The predicted octanol–water partition coefficient (Wildman–Crippen LogP) is 6.75. The monoisotopic (exact) mass is 360 g/mol. The Kier molecular flexibility index (Phi) is 7.40. The normalized spacial score (nSPS) is 19.2. The number of aryl methyl sites for hydroxylation is 1. The Morgan fingerprint density at radius 1 is 0.889 bits per heavy atom. The largest absolute Gasteiger partial charge is 0.494 e. The van der Waals surface area contributed by atoms with Crippen LogP contribution in [0.15, 0.2) is 48.5 Å². The number of benzene rings is 2. The van der Waals surface area contributed by atoms with Crippen LogP contribution in [0.5, 0.6) is 5.75 Å². The van der Waals surface area contributed by atoms with Crippen LogP contribution in [0.3, 0.4) is 0 Å². The average Bonchev–Trinajstić information content (AvgIpc) is 2.73. The molecule has 2 aromatic rings. The van der Waals surface area contributed by atoms with Crippen LogP contribution in [-0.4, -0.2) is 6.61 Å².